The zero-order chi connectivity index (χ0) is 20.7. The number of ether oxygens (including phenoxy) is 3. The monoisotopic (exact) mass is 404 g/mol. The van der Waals surface area contributed by atoms with Gasteiger partial charge < -0.3 is 29.0 Å². The summed E-state index contributed by atoms with van der Waals surface area (Å²) in [4.78, 5) is 20.3. The first kappa shape index (κ1) is 18.2. The number of fused-ring (bicyclic) bond motifs is 2. The van der Waals surface area contributed by atoms with E-state index in [4.69, 9.17) is 14.2 Å². The lowest BCUT2D eigenvalue weighted by Gasteiger charge is -2.36. The Morgan fingerprint density at radius 1 is 1.13 bits per heavy atom. The maximum absolute atomic E-state index is 13.2. The molecule has 30 heavy (non-hydrogen) atoms. The Bertz CT molecular complexity index is 1170. The number of hydrogen-bond donors (Lipinski definition) is 1. The molecule has 8 heteroatoms. The highest BCUT2D eigenvalue weighted by Crippen LogP contribution is 2.38. The summed E-state index contributed by atoms with van der Waals surface area (Å²) in [5.41, 5.74) is 2.35. The average Bonchev–Trinajstić information content (AvgIpc) is 3.40. The van der Waals surface area contributed by atoms with Crippen LogP contribution in [-0.2, 0) is 0 Å². The molecule has 0 radical (unpaired) electrons. The minimum Gasteiger partial charge on any atom is -0.495 e. The number of aromatic nitrogens is 1. The number of H-pyrrole nitrogens is 1. The van der Waals surface area contributed by atoms with Gasteiger partial charge in [0.2, 0.25) is 6.79 Å². The van der Waals surface area contributed by atoms with E-state index in [1.807, 2.05) is 24.3 Å². The van der Waals surface area contributed by atoms with Crippen molar-refractivity contribution in [3.8, 4) is 23.3 Å². The third kappa shape index (κ3) is 2.87. The Morgan fingerprint density at radius 2 is 1.87 bits per heavy atom. The number of carbonyl (C=O) groups excluding carboxylic acids is 1. The number of nitrogens with zero attached hydrogens (tertiary/aromatic N) is 3. The van der Waals surface area contributed by atoms with Gasteiger partial charge in [-0.3, -0.25) is 4.79 Å². The predicted octanol–water partition coefficient (Wildman–Crippen LogP) is 2.74. The second-order valence-electron chi connectivity index (χ2n) is 7.19. The van der Waals surface area contributed by atoms with Gasteiger partial charge in [-0.25, -0.2) is 0 Å². The van der Waals surface area contributed by atoms with Gasteiger partial charge in [-0.1, -0.05) is 12.1 Å². The van der Waals surface area contributed by atoms with E-state index in [-0.39, 0.29) is 12.7 Å². The van der Waals surface area contributed by atoms with Crippen molar-refractivity contribution in [2.45, 2.75) is 0 Å². The lowest BCUT2D eigenvalue weighted by molar-refractivity contribution is 0.0741. The summed E-state index contributed by atoms with van der Waals surface area (Å²) >= 11 is 0. The predicted molar refractivity (Wildman–Crippen MR) is 110 cm³/mol. The normalized spacial score (nSPS) is 15.3. The summed E-state index contributed by atoms with van der Waals surface area (Å²) in [7, 11) is 1.66. The molecular formula is C22H20N4O4. The van der Waals surface area contributed by atoms with Gasteiger partial charge in [0.1, 0.15) is 17.5 Å². The van der Waals surface area contributed by atoms with Gasteiger partial charge in [-0.2, -0.15) is 5.26 Å². The van der Waals surface area contributed by atoms with Crippen LogP contribution in [0, 0.1) is 11.3 Å². The fourth-order valence-corrected chi connectivity index (χ4v) is 4.06. The van der Waals surface area contributed by atoms with Gasteiger partial charge in [0, 0.05) is 37.6 Å². The van der Waals surface area contributed by atoms with E-state index in [2.05, 4.69) is 16.0 Å². The van der Waals surface area contributed by atoms with E-state index in [0.29, 0.717) is 59.8 Å². The quantitative estimate of drug-likeness (QED) is 0.722. The first-order valence-electron chi connectivity index (χ1n) is 9.72. The maximum Gasteiger partial charge on any atom is 0.271 e. The van der Waals surface area contributed by atoms with Crippen molar-refractivity contribution in [2.24, 2.45) is 0 Å². The zero-order valence-corrected chi connectivity index (χ0v) is 16.5. The second kappa shape index (κ2) is 7.19. The number of aromatic amines is 1. The summed E-state index contributed by atoms with van der Waals surface area (Å²) < 4.78 is 16.3. The number of nitriles is 1. The lowest BCUT2D eigenvalue weighted by atomic mass is 10.1. The minimum atomic E-state index is -0.176. The molecule has 152 valence electrons. The van der Waals surface area contributed by atoms with Crippen LogP contribution in [0.25, 0.3) is 10.9 Å². The van der Waals surface area contributed by atoms with Crippen LogP contribution in [0.5, 0.6) is 17.2 Å². The number of hydrogen-bond acceptors (Lipinski definition) is 6. The molecule has 0 aliphatic carbocycles. The van der Waals surface area contributed by atoms with E-state index in [1.54, 1.807) is 24.1 Å². The molecule has 1 amide bonds. The second-order valence-corrected chi connectivity index (χ2v) is 7.19. The van der Waals surface area contributed by atoms with Gasteiger partial charge in [0.15, 0.2) is 11.5 Å². The fourth-order valence-electron chi connectivity index (χ4n) is 4.06. The zero-order valence-electron chi connectivity index (χ0n) is 16.5. The molecule has 2 aromatic carbocycles. The van der Waals surface area contributed by atoms with Crippen LogP contribution >= 0.6 is 0 Å². The molecule has 0 saturated carbocycles. The molecule has 0 bridgehead atoms. The van der Waals surface area contributed by atoms with Gasteiger partial charge in [0.25, 0.3) is 5.91 Å². The molecular weight excluding hydrogens is 384 g/mol. The molecule has 0 unspecified atom stereocenters. The van der Waals surface area contributed by atoms with E-state index in [0.717, 1.165) is 11.4 Å². The first-order chi connectivity index (χ1) is 14.7. The van der Waals surface area contributed by atoms with Crippen molar-refractivity contribution < 1.29 is 19.0 Å². The van der Waals surface area contributed by atoms with E-state index in [1.165, 1.54) is 0 Å². The molecule has 0 spiro atoms. The van der Waals surface area contributed by atoms with E-state index < -0.39 is 0 Å². The molecule has 1 saturated heterocycles. The number of amides is 1. The molecule has 2 aliphatic rings. The van der Waals surface area contributed by atoms with Crippen LogP contribution in [0.2, 0.25) is 0 Å². The molecule has 2 aliphatic heterocycles. The van der Waals surface area contributed by atoms with Crippen LogP contribution in [0.3, 0.4) is 0 Å². The third-order valence-electron chi connectivity index (χ3n) is 5.61. The number of rotatable bonds is 3. The van der Waals surface area contributed by atoms with Crippen LogP contribution in [-0.4, -0.2) is 55.9 Å². The lowest BCUT2D eigenvalue weighted by Crippen LogP contribution is -2.49. The average molecular weight is 404 g/mol. The molecule has 1 aromatic heterocycles. The van der Waals surface area contributed by atoms with Crippen molar-refractivity contribution in [1.29, 1.82) is 5.26 Å². The topological polar surface area (TPSA) is 90.8 Å². The molecule has 0 atom stereocenters. The largest absolute Gasteiger partial charge is 0.495 e. The minimum absolute atomic E-state index is 0.159. The smallest absolute Gasteiger partial charge is 0.271 e. The van der Waals surface area contributed by atoms with Crippen molar-refractivity contribution in [3.63, 3.8) is 0 Å². The fraction of sp³-hybridized carbons (Fsp3) is 0.273. The van der Waals surface area contributed by atoms with Crippen LogP contribution in [0.15, 0.2) is 36.4 Å². The molecule has 1 fully saturated rings. The Kier molecular flexibility index (Phi) is 4.36. The summed E-state index contributed by atoms with van der Waals surface area (Å²) in [6.07, 6.45) is 0. The number of piperazine rings is 1. The third-order valence-corrected chi connectivity index (χ3v) is 5.61. The number of methoxy groups -OCH3 is 1. The van der Waals surface area contributed by atoms with Crippen molar-refractivity contribution in [1.82, 2.24) is 9.88 Å². The van der Waals surface area contributed by atoms with Crippen molar-refractivity contribution in [2.75, 3.05) is 45.0 Å². The molecule has 8 nitrogen and oxygen atoms in total. The van der Waals surface area contributed by atoms with Crippen LogP contribution in [0.4, 0.5) is 5.69 Å². The van der Waals surface area contributed by atoms with E-state index in [9.17, 15) is 10.1 Å². The highest BCUT2D eigenvalue weighted by Gasteiger charge is 2.28. The summed E-state index contributed by atoms with van der Waals surface area (Å²) in [6, 6.07) is 13.6. The highest BCUT2D eigenvalue weighted by atomic mass is 16.7. The number of benzene rings is 2. The van der Waals surface area contributed by atoms with Crippen LogP contribution < -0.4 is 19.1 Å². The van der Waals surface area contributed by atoms with E-state index >= 15 is 0 Å². The number of carbonyl (C=O) groups is 1. The molecule has 1 N–H and O–H groups in total. The summed E-state index contributed by atoms with van der Waals surface area (Å²) in [6.45, 7) is 2.64. The Labute approximate surface area is 173 Å². The first-order valence-corrected chi connectivity index (χ1v) is 9.72. The molecule has 3 aromatic rings. The van der Waals surface area contributed by atoms with Gasteiger partial charge in [0.05, 0.1) is 23.9 Å². The highest BCUT2D eigenvalue weighted by molar-refractivity contribution is 6.03. The van der Waals surface area contributed by atoms with Crippen LogP contribution in [0.1, 0.15) is 16.1 Å². The summed E-state index contributed by atoms with van der Waals surface area (Å²) in [5, 5.41) is 10.4. The SMILES string of the molecule is COc1ccccc1N1CCN(C(=O)c2[nH]c3cc4c(cc3c2C#N)OCO4)CC1. The Hall–Kier alpha value is -3.86. The number of nitrogens with one attached hydrogen (secondary N) is 1. The Balaban J connectivity index is 1.38. The molecule has 3 heterocycles. The van der Waals surface area contributed by atoms with Crippen molar-refractivity contribution in [3.05, 3.63) is 47.7 Å². The molecule has 5 rings (SSSR count). The number of anilines is 1. The van der Waals surface area contributed by atoms with Crippen molar-refractivity contribution >= 4 is 22.5 Å². The van der Waals surface area contributed by atoms with Gasteiger partial charge >= 0.3 is 0 Å². The summed E-state index contributed by atoms with van der Waals surface area (Å²) in [5.74, 6) is 1.83. The maximum atomic E-state index is 13.2. The number of para-hydroxylation sites is 2. The van der Waals surface area contributed by atoms with Gasteiger partial charge in [-0.05, 0) is 18.2 Å². The van der Waals surface area contributed by atoms with Gasteiger partial charge in [-0.15, -0.1) is 0 Å². The standard InChI is InChI=1S/C22H20N4O4/c1-28-18-5-3-2-4-17(18)25-6-8-26(9-7-25)22(27)21-15(12-23)14-10-19-20(30-13-29-19)11-16(14)24-21/h2-5,10-11,24H,6-9,13H2,1H3. The Morgan fingerprint density at radius 3 is 2.60 bits per heavy atom.